The minimum Gasteiger partial charge on any atom is -0.351 e. The van der Waals surface area contributed by atoms with Crippen molar-refractivity contribution >= 4 is 0 Å². The Bertz CT molecular complexity index is 163. The Morgan fingerprint density at radius 1 is 1.12 bits per heavy atom. The fourth-order valence-electron chi connectivity index (χ4n) is 2.58. The Labute approximate surface area is 99.9 Å². The molecule has 1 fully saturated rings. The van der Waals surface area contributed by atoms with E-state index in [1.165, 1.54) is 32.1 Å². The number of rotatable bonds is 8. The monoisotopic (exact) mass is 229 g/mol. The molecule has 0 aromatic carbocycles. The smallest absolute Gasteiger partial charge is 0.172 e. The van der Waals surface area contributed by atoms with Crippen LogP contribution in [0.4, 0.5) is 0 Å². The van der Waals surface area contributed by atoms with Crippen LogP contribution in [0.25, 0.3) is 0 Å². The summed E-state index contributed by atoms with van der Waals surface area (Å²) >= 11 is 0. The summed E-state index contributed by atoms with van der Waals surface area (Å²) in [7, 11) is 2.00. The van der Waals surface area contributed by atoms with Crippen molar-refractivity contribution in [2.24, 2.45) is 5.92 Å². The predicted molar refractivity (Wildman–Crippen MR) is 66.5 cm³/mol. The molecule has 0 saturated heterocycles. The summed E-state index contributed by atoms with van der Waals surface area (Å²) < 4.78 is 11.3. The first kappa shape index (κ1) is 13.9. The van der Waals surface area contributed by atoms with E-state index in [2.05, 4.69) is 5.32 Å². The van der Waals surface area contributed by atoms with Crippen LogP contribution in [0.2, 0.25) is 0 Å². The van der Waals surface area contributed by atoms with Crippen LogP contribution < -0.4 is 5.32 Å². The average molecular weight is 229 g/mol. The Hall–Kier alpha value is -0.120. The molecule has 0 spiro atoms. The molecule has 0 radical (unpaired) electrons. The van der Waals surface area contributed by atoms with E-state index in [1.807, 2.05) is 20.9 Å². The molecule has 0 aromatic heterocycles. The van der Waals surface area contributed by atoms with Crippen molar-refractivity contribution in [2.75, 3.05) is 20.3 Å². The molecule has 0 aromatic rings. The minimum atomic E-state index is -0.0828. The standard InChI is InChI=1S/C13H27NO2/c1-4-15-13(16-5-2)12(14-3)10-11-8-6-7-9-11/h11-14H,4-10H2,1-3H3. The molecule has 1 N–H and O–H groups in total. The fraction of sp³-hybridized carbons (Fsp3) is 1.00. The number of hydrogen-bond acceptors (Lipinski definition) is 3. The maximum absolute atomic E-state index is 5.66. The van der Waals surface area contributed by atoms with Crippen LogP contribution in [-0.4, -0.2) is 32.6 Å². The van der Waals surface area contributed by atoms with Gasteiger partial charge in [0.1, 0.15) is 0 Å². The van der Waals surface area contributed by atoms with Crippen LogP contribution in [0.5, 0.6) is 0 Å². The van der Waals surface area contributed by atoms with E-state index in [0.717, 1.165) is 5.92 Å². The summed E-state index contributed by atoms with van der Waals surface area (Å²) in [5.41, 5.74) is 0. The number of ether oxygens (including phenoxy) is 2. The van der Waals surface area contributed by atoms with Gasteiger partial charge in [0.2, 0.25) is 0 Å². The summed E-state index contributed by atoms with van der Waals surface area (Å²) in [6, 6.07) is 0.336. The Morgan fingerprint density at radius 3 is 2.12 bits per heavy atom. The van der Waals surface area contributed by atoms with Crippen LogP contribution in [0.15, 0.2) is 0 Å². The summed E-state index contributed by atoms with van der Waals surface area (Å²) in [6.45, 7) is 5.48. The molecule has 3 heteroatoms. The highest BCUT2D eigenvalue weighted by Crippen LogP contribution is 2.29. The van der Waals surface area contributed by atoms with Crippen LogP contribution in [0.3, 0.4) is 0 Å². The second-order valence-corrected chi connectivity index (χ2v) is 4.56. The van der Waals surface area contributed by atoms with E-state index in [1.54, 1.807) is 0 Å². The lowest BCUT2D eigenvalue weighted by Crippen LogP contribution is -2.42. The molecule has 3 nitrogen and oxygen atoms in total. The van der Waals surface area contributed by atoms with Crippen LogP contribution in [0, 0.1) is 5.92 Å². The van der Waals surface area contributed by atoms with Gasteiger partial charge in [0, 0.05) is 13.2 Å². The minimum absolute atomic E-state index is 0.0828. The third-order valence-corrected chi connectivity index (χ3v) is 3.42. The quantitative estimate of drug-likeness (QED) is 0.649. The summed E-state index contributed by atoms with van der Waals surface area (Å²) in [5, 5.41) is 3.35. The molecule has 1 aliphatic carbocycles. The normalized spacial score (nSPS) is 19.5. The van der Waals surface area contributed by atoms with Crippen LogP contribution in [-0.2, 0) is 9.47 Å². The van der Waals surface area contributed by atoms with Gasteiger partial charge < -0.3 is 14.8 Å². The Morgan fingerprint density at radius 2 is 1.69 bits per heavy atom. The van der Waals surface area contributed by atoms with E-state index in [-0.39, 0.29) is 6.29 Å². The molecule has 16 heavy (non-hydrogen) atoms. The molecule has 1 saturated carbocycles. The van der Waals surface area contributed by atoms with E-state index >= 15 is 0 Å². The number of likely N-dealkylation sites (N-methyl/N-ethyl adjacent to an activating group) is 1. The summed E-state index contributed by atoms with van der Waals surface area (Å²) in [6.07, 6.45) is 6.65. The van der Waals surface area contributed by atoms with Gasteiger partial charge in [-0.3, -0.25) is 0 Å². The van der Waals surface area contributed by atoms with E-state index < -0.39 is 0 Å². The molecule has 1 unspecified atom stereocenters. The Balaban J connectivity index is 2.40. The van der Waals surface area contributed by atoms with Gasteiger partial charge in [-0.15, -0.1) is 0 Å². The molecular weight excluding hydrogens is 202 g/mol. The highest BCUT2D eigenvalue weighted by Gasteiger charge is 2.26. The van der Waals surface area contributed by atoms with Crippen LogP contribution in [0.1, 0.15) is 46.0 Å². The fourth-order valence-corrected chi connectivity index (χ4v) is 2.58. The van der Waals surface area contributed by atoms with Gasteiger partial charge in [-0.2, -0.15) is 0 Å². The lowest BCUT2D eigenvalue weighted by atomic mass is 9.98. The molecule has 1 aliphatic rings. The van der Waals surface area contributed by atoms with Crippen molar-refractivity contribution in [2.45, 2.75) is 58.3 Å². The largest absolute Gasteiger partial charge is 0.351 e. The number of nitrogens with one attached hydrogen (secondary N) is 1. The molecule has 96 valence electrons. The van der Waals surface area contributed by atoms with E-state index in [4.69, 9.17) is 9.47 Å². The zero-order chi connectivity index (χ0) is 11.8. The summed E-state index contributed by atoms with van der Waals surface area (Å²) in [5.74, 6) is 0.862. The van der Waals surface area contributed by atoms with Crippen molar-refractivity contribution in [3.63, 3.8) is 0 Å². The first-order chi connectivity index (χ1) is 7.81. The molecule has 0 heterocycles. The van der Waals surface area contributed by atoms with Gasteiger partial charge in [0.25, 0.3) is 0 Å². The van der Waals surface area contributed by atoms with Gasteiger partial charge in [-0.25, -0.2) is 0 Å². The molecule has 1 rings (SSSR count). The lowest BCUT2D eigenvalue weighted by Gasteiger charge is -2.28. The first-order valence-electron chi connectivity index (χ1n) is 6.72. The van der Waals surface area contributed by atoms with Crippen LogP contribution >= 0.6 is 0 Å². The zero-order valence-electron chi connectivity index (χ0n) is 11.0. The van der Waals surface area contributed by atoms with E-state index in [0.29, 0.717) is 19.3 Å². The van der Waals surface area contributed by atoms with Crippen molar-refractivity contribution in [1.29, 1.82) is 0 Å². The van der Waals surface area contributed by atoms with Crippen molar-refractivity contribution < 1.29 is 9.47 Å². The first-order valence-corrected chi connectivity index (χ1v) is 6.72. The third kappa shape index (κ3) is 4.40. The molecule has 0 aliphatic heterocycles. The van der Waals surface area contributed by atoms with Crippen molar-refractivity contribution in [3.05, 3.63) is 0 Å². The average Bonchev–Trinajstić information content (AvgIpc) is 2.78. The van der Waals surface area contributed by atoms with Gasteiger partial charge in [0.05, 0.1) is 6.04 Å². The van der Waals surface area contributed by atoms with Gasteiger partial charge >= 0.3 is 0 Å². The Kier molecular flexibility index (Phi) is 7.01. The zero-order valence-corrected chi connectivity index (χ0v) is 11.0. The predicted octanol–water partition coefficient (Wildman–Crippen LogP) is 2.55. The van der Waals surface area contributed by atoms with Crippen molar-refractivity contribution in [1.82, 2.24) is 5.32 Å². The van der Waals surface area contributed by atoms with Crippen molar-refractivity contribution in [3.8, 4) is 0 Å². The second-order valence-electron chi connectivity index (χ2n) is 4.56. The van der Waals surface area contributed by atoms with E-state index in [9.17, 15) is 0 Å². The van der Waals surface area contributed by atoms with Gasteiger partial charge in [0.15, 0.2) is 6.29 Å². The molecular formula is C13H27NO2. The molecule has 0 amide bonds. The second kappa shape index (κ2) is 8.04. The molecule has 1 atom stereocenters. The SMILES string of the molecule is CCOC(OCC)C(CC1CCCC1)NC. The molecule has 0 bridgehead atoms. The lowest BCUT2D eigenvalue weighted by molar-refractivity contribution is -0.155. The number of hydrogen-bond donors (Lipinski definition) is 1. The highest BCUT2D eigenvalue weighted by atomic mass is 16.7. The topological polar surface area (TPSA) is 30.5 Å². The maximum atomic E-state index is 5.66. The summed E-state index contributed by atoms with van der Waals surface area (Å²) in [4.78, 5) is 0. The highest BCUT2D eigenvalue weighted by molar-refractivity contribution is 4.77. The van der Waals surface area contributed by atoms with Gasteiger partial charge in [-0.05, 0) is 33.2 Å². The maximum Gasteiger partial charge on any atom is 0.172 e. The third-order valence-electron chi connectivity index (χ3n) is 3.42. The van der Waals surface area contributed by atoms with Gasteiger partial charge in [-0.1, -0.05) is 25.7 Å².